The van der Waals surface area contributed by atoms with Crippen LogP contribution in [0.5, 0.6) is 0 Å². The number of rotatable bonds is 5. The minimum atomic E-state index is -4.37. The highest BCUT2D eigenvalue weighted by Crippen LogP contribution is 2.41. The smallest absolute Gasteiger partial charge is 0.371 e. The molecule has 194 valence electrons. The summed E-state index contributed by atoms with van der Waals surface area (Å²) in [5.74, 6) is 0.0968. The average molecular weight is 505 g/mol. The second-order valence-electron chi connectivity index (χ2n) is 10.3. The number of amides is 2. The van der Waals surface area contributed by atoms with Crippen LogP contribution in [0.15, 0.2) is 30.6 Å². The van der Waals surface area contributed by atoms with Gasteiger partial charge in [-0.15, -0.1) is 0 Å². The Hall–Kier alpha value is -3.08. The molecule has 1 aromatic carbocycles. The Bertz CT molecular complexity index is 1130. The van der Waals surface area contributed by atoms with Gasteiger partial charge in [-0.3, -0.25) is 9.69 Å². The van der Waals surface area contributed by atoms with E-state index in [2.05, 4.69) is 10.00 Å². The Morgan fingerprint density at radius 2 is 1.81 bits per heavy atom. The lowest BCUT2D eigenvalue weighted by molar-refractivity contribution is -0.137. The van der Waals surface area contributed by atoms with Crippen molar-refractivity contribution >= 4 is 17.6 Å². The third-order valence-corrected chi connectivity index (χ3v) is 7.93. The van der Waals surface area contributed by atoms with E-state index >= 15 is 0 Å². The zero-order chi connectivity index (χ0) is 25.6. The van der Waals surface area contributed by atoms with Gasteiger partial charge in [-0.2, -0.15) is 23.0 Å². The van der Waals surface area contributed by atoms with E-state index in [9.17, 15) is 22.8 Å². The van der Waals surface area contributed by atoms with Crippen molar-refractivity contribution in [3.8, 4) is 0 Å². The number of alkyl halides is 3. The molecule has 1 aromatic heterocycles. The van der Waals surface area contributed by atoms with Gasteiger partial charge in [-0.05, 0) is 62.3 Å². The van der Waals surface area contributed by atoms with Crippen molar-refractivity contribution in [3.63, 3.8) is 0 Å². The summed E-state index contributed by atoms with van der Waals surface area (Å²) >= 11 is 0. The van der Waals surface area contributed by atoms with Gasteiger partial charge in [0.15, 0.2) is 0 Å². The van der Waals surface area contributed by atoms with Gasteiger partial charge in [0.2, 0.25) is 0 Å². The minimum Gasteiger partial charge on any atom is -0.371 e. The molecule has 1 saturated carbocycles. The molecule has 3 heterocycles. The molecule has 2 N–H and O–H groups in total. The van der Waals surface area contributed by atoms with E-state index in [4.69, 9.17) is 5.73 Å². The molecule has 1 unspecified atom stereocenters. The zero-order valence-electron chi connectivity index (χ0n) is 20.2. The molecule has 36 heavy (non-hydrogen) atoms. The second-order valence-corrected chi connectivity index (χ2v) is 10.3. The van der Waals surface area contributed by atoms with Crippen LogP contribution in [0.4, 0.5) is 23.7 Å². The third-order valence-electron chi connectivity index (χ3n) is 7.93. The number of anilines is 1. The molecule has 1 aliphatic carbocycles. The summed E-state index contributed by atoms with van der Waals surface area (Å²) in [6.45, 7) is 3.14. The molecule has 8 nitrogen and oxygen atoms in total. The lowest BCUT2D eigenvalue weighted by atomic mass is 10.0. The van der Waals surface area contributed by atoms with Gasteiger partial charge in [-0.25, -0.2) is 4.79 Å². The molecule has 3 fully saturated rings. The molecule has 11 heteroatoms. The van der Waals surface area contributed by atoms with Crippen molar-refractivity contribution in [2.45, 2.75) is 44.4 Å². The Kier molecular flexibility index (Phi) is 6.44. The maximum absolute atomic E-state index is 13.6. The van der Waals surface area contributed by atoms with Gasteiger partial charge in [0.25, 0.3) is 5.91 Å². The second kappa shape index (κ2) is 9.42. The van der Waals surface area contributed by atoms with Crippen LogP contribution in [0.2, 0.25) is 0 Å². The first-order valence-electron chi connectivity index (χ1n) is 12.4. The van der Waals surface area contributed by atoms with Gasteiger partial charge in [0.05, 0.1) is 17.3 Å². The number of nitrogens with two attached hydrogens (primary N) is 1. The first kappa shape index (κ1) is 24.6. The van der Waals surface area contributed by atoms with Crippen LogP contribution >= 0.6 is 0 Å². The fraction of sp³-hybridized carbons (Fsp3) is 0.560. The van der Waals surface area contributed by atoms with Gasteiger partial charge in [0, 0.05) is 50.6 Å². The lowest BCUT2D eigenvalue weighted by Crippen LogP contribution is -2.36. The summed E-state index contributed by atoms with van der Waals surface area (Å²) < 4.78 is 42.0. The number of hydrogen-bond acceptors (Lipinski definition) is 5. The summed E-state index contributed by atoms with van der Waals surface area (Å²) in [5.41, 5.74) is 6.05. The Morgan fingerprint density at radius 3 is 2.39 bits per heavy atom. The van der Waals surface area contributed by atoms with E-state index in [0.29, 0.717) is 56.3 Å². The predicted octanol–water partition coefficient (Wildman–Crippen LogP) is 3.41. The normalized spacial score (nSPS) is 24.1. The van der Waals surface area contributed by atoms with E-state index in [1.807, 2.05) is 11.9 Å². The molecular weight excluding hydrogens is 473 g/mol. The van der Waals surface area contributed by atoms with Gasteiger partial charge in [0.1, 0.15) is 0 Å². The van der Waals surface area contributed by atoms with Crippen molar-refractivity contribution in [1.29, 1.82) is 0 Å². The average Bonchev–Trinajstić information content (AvgIpc) is 3.61. The molecule has 2 aromatic rings. The Labute approximate surface area is 207 Å². The van der Waals surface area contributed by atoms with Crippen molar-refractivity contribution in [2.75, 3.05) is 38.1 Å². The van der Waals surface area contributed by atoms with Crippen molar-refractivity contribution in [2.24, 2.45) is 17.6 Å². The number of benzene rings is 1. The fourth-order valence-corrected chi connectivity index (χ4v) is 6.04. The van der Waals surface area contributed by atoms with E-state index in [1.165, 1.54) is 18.5 Å². The van der Waals surface area contributed by atoms with Gasteiger partial charge >= 0.3 is 12.2 Å². The lowest BCUT2D eigenvalue weighted by Gasteiger charge is -2.28. The van der Waals surface area contributed by atoms with E-state index < -0.39 is 17.6 Å². The standard InChI is InChI=1S/C25H31F3N6O2/c1-31(12-16-4-5-21(25(26,27)28)22(8-16)32-6-2-3-7-32)20-9-17-13-33(14-18(17)10-20)24(36)34-15-19(11-30-34)23(29)35/h4-5,8,11,15,17-18,20H,2-3,6-7,9-10,12-14H2,1H3,(H2,29,35)/t17-,18+,20?. The molecule has 3 atom stereocenters. The largest absolute Gasteiger partial charge is 0.418 e. The Morgan fingerprint density at radius 1 is 1.14 bits per heavy atom. The van der Waals surface area contributed by atoms with Crippen LogP contribution in [0.25, 0.3) is 0 Å². The van der Waals surface area contributed by atoms with Crippen molar-refractivity contribution < 1.29 is 22.8 Å². The molecule has 0 bridgehead atoms. The highest BCUT2D eigenvalue weighted by Gasteiger charge is 2.44. The van der Waals surface area contributed by atoms with Crippen LogP contribution in [0.3, 0.4) is 0 Å². The Balaban J connectivity index is 1.21. The minimum absolute atomic E-state index is 0.195. The van der Waals surface area contributed by atoms with Crippen molar-refractivity contribution in [3.05, 3.63) is 47.3 Å². The van der Waals surface area contributed by atoms with E-state index in [1.54, 1.807) is 17.0 Å². The molecule has 2 saturated heterocycles. The maximum Gasteiger partial charge on any atom is 0.418 e. The molecule has 2 amide bonds. The summed E-state index contributed by atoms with van der Waals surface area (Å²) in [5, 5.41) is 3.97. The summed E-state index contributed by atoms with van der Waals surface area (Å²) in [6.07, 6.45) is 1.96. The number of hydrogen-bond donors (Lipinski definition) is 1. The molecule has 5 rings (SSSR count). The fourth-order valence-electron chi connectivity index (χ4n) is 6.04. The SMILES string of the molecule is CN(Cc1ccc(C(F)(F)F)c(N2CCCC2)c1)C1C[C@@H]2CN(C(=O)n3cc(C(N)=O)cn3)C[C@@H]2C1. The predicted molar refractivity (Wildman–Crippen MR) is 127 cm³/mol. The van der Waals surface area contributed by atoms with Crippen LogP contribution < -0.4 is 10.6 Å². The highest BCUT2D eigenvalue weighted by molar-refractivity contribution is 5.93. The number of likely N-dealkylation sites (tertiary alicyclic amines) is 1. The van der Waals surface area contributed by atoms with Gasteiger partial charge < -0.3 is 15.5 Å². The summed E-state index contributed by atoms with van der Waals surface area (Å²) in [6, 6.07) is 4.58. The summed E-state index contributed by atoms with van der Waals surface area (Å²) in [4.78, 5) is 29.9. The van der Waals surface area contributed by atoms with Crippen LogP contribution in [-0.2, 0) is 12.7 Å². The van der Waals surface area contributed by atoms with Crippen molar-refractivity contribution in [1.82, 2.24) is 19.6 Å². The number of halogens is 3. The summed E-state index contributed by atoms with van der Waals surface area (Å²) in [7, 11) is 2.02. The molecule has 3 aliphatic rings. The maximum atomic E-state index is 13.6. The zero-order valence-corrected chi connectivity index (χ0v) is 20.2. The van der Waals surface area contributed by atoms with Crippen LogP contribution in [0.1, 0.15) is 47.2 Å². The van der Waals surface area contributed by atoms with E-state index in [0.717, 1.165) is 35.9 Å². The number of aromatic nitrogens is 2. The first-order valence-corrected chi connectivity index (χ1v) is 12.4. The number of fused-ring (bicyclic) bond motifs is 1. The number of primary amides is 1. The van der Waals surface area contributed by atoms with E-state index in [-0.39, 0.29) is 11.6 Å². The first-order chi connectivity index (χ1) is 17.1. The highest BCUT2D eigenvalue weighted by atomic mass is 19.4. The topological polar surface area (TPSA) is 87.7 Å². The monoisotopic (exact) mass is 504 g/mol. The van der Waals surface area contributed by atoms with Gasteiger partial charge in [-0.1, -0.05) is 6.07 Å². The number of nitrogens with zero attached hydrogens (tertiary/aromatic N) is 5. The van der Waals surface area contributed by atoms with Crippen LogP contribution in [0, 0.1) is 11.8 Å². The molecule has 0 radical (unpaired) electrons. The number of carbonyl (C=O) groups is 2. The molecule has 0 spiro atoms. The molecule has 2 aliphatic heterocycles. The third kappa shape index (κ3) is 4.80. The number of carbonyl (C=O) groups excluding carboxylic acids is 2. The van der Waals surface area contributed by atoms with Crippen LogP contribution in [-0.4, -0.2) is 70.8 Å². The molecular formula is C25H31F3N6O2. The quantitative estimate of drug-likeness (QED) is 0.675.